The highest BCUT2D eigenvalue weighted by molar-refractivity contribution is 5.29. The fourth-order valence-electron chi connectivity index (χ4n) is 2.76. The van der Waals surface area contributed by atoms with Crippen molar-refractivity contribution < 1.29 is 0 Å². The second-order valence-electron chi connectivity index (χ2n) is 5.24. The number of rotatable bonds is 3. The van der Waals surface area contributed by atoms with E-state index in [2.05, 4.69) is 15.8 Å². The molecule has 0 aromatic carbocycles. The van der Waals surface area contributed by atoms with Gasteiger partial charge >= 0.3 is 0 Å². The molecule has 3 nitrogen and oxygen atoms in total. The summed E-state index contributed by atoms with van der Waals surface area (Å²) in [7, 11) is 0. The molecule has 0 aliphatic heterocycles. The summed E-state index contributed by atoms with van der Waals surface area (Å²) < 4.78 is 2.09. The van der Waals surface area contributed by atoms with Crippen LogP contribution < -0.4 is 0 Å². The average Bonchev–Trinajstić information content (AvgIpc) is 2.60. The summed E-state index contributed by atoms with van der Waals surface area (Å²) in [5, 5.41) is 13.7. The van der Waals surface area contributed by atoms with E-state index in [0.29, 0.717) is 0 Å². The number of hydrogen-bond acceptors (Lipinski definition) is 2. The number of nitriles is 1. The van der Waals surface area contributed by atoms with Crippen LogP contribution in [0.1, 0.15) is 44.2 Å². The van der Waals surface area contributed by atoms with Gasteiger partial charge in [-0.25, -0.2) is 0 Å². The van der Waals surface area contributed by atoms with E-state index in [9.17, 15) is 5.26 Å². The molecule has 16 heavy (non-hydrogen) atoms. The van der Waals surface area contributed by atoms with Gasteiger partial charge in [0.05, 0.1) is 17.2 Å². The summed E-state index contributed by atoms with van der Waals surface area (Å²) in [4.78, 5) is 0. The summed E-state index contributed by atoms with van der Waals surface area (Å²) in [6.45, 7) is 1.02. The Labute approximate surface area is 96.1 Å². The molecule has 0 radical (unpaired) electrons. The average molecular weight is 215 g/mol. The van der Waals surface area contributed by atoms with Crippen molar-refractivity contribution in [3.05, 3.63) is 18.0 Å². The Morgan fingerprint density at radius 3 is 2.75 bits per heavy atom. The van der Waals surface area contributed by atoms with Crippen LogP contribution in [0.4, 0.5) is 0 Å². The maximum Gasteiger partial charge on any atom is 0.0990 e. The third-order valence-electron chi connectivity index (χ3n) is 4.28. The minimum absolute atomic E-state index is 0.208. The molecule has 84 valence electrons. The Morgan fingerprint density at radius 1 is 1.44 bits per heavy atom. The predicted molar refractivity (Wildman–Crippen MR) is 60.7 cm³/mol. The molecule has 0 amide bonds. The fraction of sp³-hybridized carbons (Fsp3) is 0.692. The normalized spacial score (nSPS) is 23.2. The second-order valence-corrected chi connectivity index (χ2v) is 5.24. The lowest BCUT2D eigenvalue weighted by atomic mass is 9.67. The van der Waals surface area contributed by atoms with E-state index in [1.807, 2.05) is 12.3 Å². The van der Waals surface area contributed by atoms with Gasteiger partial charge in [0.15, 0.2) is 0 Å². The molecule has 0 bridgehead atoms. The molecular weight excluding hydrogens is 198 g/mol. The van der Waals surface area contributed by atoms with E-state index in [1.54, 1.807) is 0 Å². The zero-order valence-electron chi connectivity index (χ0n) is 9.52. The zero-order valence-corrected chi connectivity index (χ0v) is 9.52. The lowest BCUT2D eigenvalue weighted by molar-refractivity contribution is 0.242. The molecule has 2 aliphatic rings. The van der Waals surface area contributed by atoms with Crippen molar-refractivity contribution in [3.63, 3.8) is 0 Å². The molecule has 0 atom stereocenters. The third-order valence-corrected chi connectivity index (χ3v) is 4.28. The van der Waals surface area contributed by atoms with Crippen molar-refractivity contribution in [2.75, 3.05) is 0 Å². The lowest BCUT2D eigenvalue weighted by Crippen LogP contribution is -2.36. The van der Waals surface area contributed by atoms with Crippen LogP contribution in [0.2, 0.25) is 0 Å². The minimum atomic E-state index is -0.208. The molecule has 1 heterocycles. The molecule has 0 N–H and O–H groups in total. The first-order valence-electron chi connectivity index (χ1n) is 6.28. The molecule has 1 aromatic heterocycles. The van der Waals surface area contributed by atoms with Crippen LogP contribution in [0.15, 0.2) is 12.3 Å². The molecule has 0 unspecified atom stereocenters. The standard InChI is InChI=1S/C13H17N3/c14-10-13(6-2-7-13)12-5-8-15-16(12)9-11-3-1-4-11/h5,8,11H,1-4,6-7,9H2. The first kappa shape index (κ1) is 9.89. The highest BCUT2D eigenvalue weighted by atomic mass is 15.3. The van der Waals surface area contributed by atoms with E-state index < -0.39 is 0 Å². The molecule has 2 saturated carbocycles. The largest absolute Gasteiger partial charge is 0.268 e. The van der Waals surface area contributed by atoms with Gasteiger partial charge in [0, 0.05) is 12.7 Å². The smallest absolute Gasteiger partial charge is 0.0990 e. The van der Waals surface area contributed by atoms with E-state index in [-0.39, 0.29) is 5.41 Å². The number of nitrogens with zero attached hydrogens (tertiary/aromatic N) is 3. The van der Waals surface area contributed by atoms with Gasteiger partial charge in [-0.3, -0.25) is 4.68 Å². The van der Waals surface area contributed by atoms with E-state index in [0.717, 1.165) is 31.0 Å². The van der Waals surface area contributed by atoms with Gasteiger partial charge in [0.1, 0.15) is 0 Å². The van der Waals surface area contributed by atoms with Crippen molar-refractivity contribution in [2.45, 2.75) is 50.5 Å². The van der Waals surface area contributed by atoms with Crippen molar-refractivity contribution >= 4 is 0 Å². The van der Waals surface area contributed by atoms with Gasteiger partial charge in [-0.1, -0.05) is 6.42 Å². The summed E-state index contributed by atoms with van der Waals surface area (Å²) in [5.74, 6) is 0.800. The van der Waals surface area contributed by atoms with Crippen LogP contribution in [0, 0.1) is 17.2 Å². The predicted octanol–water partition coefficient (Wildman–Crippen LogP) is 2.63. The maximum atomic E-state index is 9.35. The Hall–Kier alpha value is -1.30. The van der Waals surface area contributed by atoms with E-state index in [1.165, 1.54) is 25.7 Å². The van der Waals surface area contributed by atoms with Crippen LogP contribution in [0.5, 0.6) is 0 Å². The van der Waals surface area contributed by atoms with Crippen LogP contribution in [-0.2, 0) is 12.0 Å². The van der Waals surface area contributed by atoms with Gasteiger partial charge in [0.2, 0.25) is 0 Å². The molecule has 1 aromatic rings. The first-order valence-corrected chi connectivity index (χ1v) is 6.28. The van der Waals surface area contributed by atoms with Gasteiger partial charge in [-0.05, 0) is 44.1 Å². The first-order chi connectivity index (χ1) is 7.84. The molecule has 3 heteroatoms. The molecule has 2 aliphatic carbocycles. The van der Waals surface area contributed by atoms with Gasteiger partial charge in [-0.2, -0.15) is 10.4 Å². The van der Waals surface area contributed by atoms with E-state index >= 15 is 0 Å². The monoisotopic (exact) mass is 215 g/mol. The van der Waals surface area contributed by atoms with Gasteiger partial charge < -0.3 is 0 Å². The Bertz CT molecular complexity index is 419. The minimum Gasteiger partial charge on any atom is -0.268 e. The lowest BCUT2D eigenvalue weighted by Gasteiger charge is -2.36. The molecule has 2 fully saturated rings. The molecule has 0 spiro atoms. The van der Waals surface area contributed by atoms with Gasteiger partial charge in [0.25, 0.3) is 0 Å². The zero-order chi connectivity index (χ0) is 11.0. The molecule has 3 rings (SSSR count). The highest BCUT2D eigenvalue weighted by Gasteiger charge is 2.41. The SMILES string of the molecule is N#CC1(c2ccnn2CC2CCC2)CCC1. The molecular formula is C13H17N3. The third kappa shape index (κ3) is 1.36. The van der Waals surface area contributed by atoms with Crippen molar-refractivity contribution in [1.29, 1.82) is 5.26 Å². The van der Waals surface area contributed by atoms with Gasteiger partial charge in [-0.15, -0.1) is 0 Å². The number of aromatic nitrogens is 2. The van der Waals surface area contributed by atoms with Crippen LogP contribution in [-0.4, -0.2) is 9.78 Å². The second kappa shape index (κ2) is 3.62. The van der Waals surface area contributed by atoms with E-state index in [4.69, 9.17) is 0 Å². The van der Waals surface area contributed by atoms with Crippen molar-refractivity contribution in [2.24, 2.45) is 5.92 Å². The summed E-state index contributed by atoms with van der Waals surface area (Å²) in [6, 6.07) is 4.55. The Morgan fingerprint density at radius 2 is 2.25 bits per heavy atom. The topological polar surface area (TPSA) is 41.6 Å². The van der Waals surface area contributed by atoms with Crippen LogP contribution in [0.3, 0.4) is 0 Å². The van der Waals surface area contributed by atoms with Crippen LogP contribution >= 0.6 is 0 Å². The van der Waals surface area contributed by atoms with Crippen molar-refractivity contribution in [3.8, 4) is 6.07 Å². The summed E-state index contributed by atoms with van der Waals surface area (Å²) in [5.41, 5.74) is 0.952. The maximum absolute atomic E-state index is 9.35. The van der Waals surface area contributed by atoms with Crippen LogP contribution in [0.25, 0.3) is 0 Å². The van der Waals surface area contributed by atoms with Crippen molar-refractivity contribution in [1.82, 2.24) is 9.78 Å². The highest BCUT2D eigenvalue weighted by Crippen LogP contribution is 2.43. The summed E-state index contributed by atoms with van der Waals surface area (Å²) >= 11 is 0. The summed E-state index contributed by atoms with van der Waals surface area (Å²) in [6.07, 6.45) is 9.09. The fourth-order valence-corrected chi connectivity index (χ4v) is 2.76. The Balaban J connectivity index is 1.84. The quantitative estimate of drug-likeness (QED) is 0.777. The number of hydrogen-bond donors (Lipinski definition) is 0. The Kier molecular flexibility index (Phi) is 2.24. The molecule has 0 saturated heterocycles.